The Hall–Kier alpha value is -0.353. The summed E-state index contributed by atoms with van der Waals surface area (Å²) in [7, 11) is 1.08. The molecule has 0 aromatic rings. The molecule has 0 bridgehead atoms. The SMILES string of the molecule is CC(C)N=C(NC(C)C)C([SiH3])NC(C)C. The maximum absolute atomic E-state index is 4.65. The van der Waals surface area contributed by atoms with Crippen LogP contribution in [0.2, 0.25) is 0 Å². The largest absolute Gasteiger partial charge is 0.371 e. The molecule has 90 valence electrons. The van der Waals surface area contributed by atoms with Crippen molar-refractivity contribution in [1.82, 2.24) is 10.6 Å². The van der Waals surface area contributed by atoms with Gasteiger partial charge in [-0.1, -0.05) is 13.8 Å². The molecule has 0 spiro atoms. The number of rotatable bonds is 5. The van der Waals surface area contributed by atoms with E-state index in [2.05, 4.69) is 57.2 Å². The molecule has 1 atom stereocenters. The molecule has 0 fully saturated rings. The molecule has 0 aliphatic rings. The summed E-state index contributed by atoms with van der Waals surface area (Å²) in [6.07, 6.45) is 0. The molecule has 0 aromatic carbocycles. The van der Waals surface area contributed by atoms with E-state index in [1.54, 1.807) is 0 Å². The van der Waals surface area contributed by atoms with Crippen LogP contribution < -0.4 is 10.6 Å². The molecule has 3 nitrogen and oxygen atoms in total. The molecule has 4 heteroatoms. The fraction of sp³-hybridized carbons (Fsp3) is 0.909. The van der Waals surface area contributed by atoms with Crippen molar-refractivity contribution < 1.29 is 0 Å². The van der Waals surface area contributed by atoms with Crippen molar-refractivity contribution in [2.45, 2.75) is 65.3 Å². The van der Waals surface area contributed by atoms with Gasteiger partial charge in [0.2, 0.25) is 0 Å². The van der Waals surface area contributed by atoms with Crippen molar-refractivity contribution in [3.05, 3.63) is 0 Å². The van der Waals surface area contributed by atoms with Crippen LogP contribution >= 0.6 is 0 Å². The van der Waals surface area contributed by atoms with Gasteiger partial charge in [0.15, 0.2) is 0 Å². The third kappa shape index (κ3) is 7.56. The first kappa shape index (κ1) is 14.6. The van der Waals surface area contributed by atoms with Crippen molar-refractivity contribution in [2.24, 2.45) is 4.99 Å². The number of nitrogens with one attached hydrogen (secondary N) is 2. The van der Waals surface area contributed by atoms with E-state index in [0.717, 1.165) is 16.1 Å². The summed E-state index contributed by atoms with van der Waals surface area (Å²) in [5.41, 5.74) is 0.426. The molecule has 2 N–H and O–H groups in total. The molecule has 0 aromatic heterocycles. The smallest absolute Gasteiger partial charge is 0.110 e. The highest BCUT2D eigenvalue weighted by molar-refractivity contribution is 6.25. The van der Waals surface area contributed by atoms with Gasteiger partial charge >= 0.3 is 0 Å². The topological polar surface area (TPSA) is 36.4 Å². The summed E-state index contributed by atoms with van der Waals surface area (Å²) in [6, 6.07) is 1.32. The maximum Gasteiger partial charge on any atom is 0.110 e. The molecule has 0 aliphatic heterocycles. The lowest BCUT2D eigenvalue weighted by Gasteiger charge is -2.23. The van der Waals surface area contributed by atoms with Crippen LogP contribution in [0.3, 0.4) is 0 Å². The average molecular weight is 229 g/mol. The zero-order valence-electron chi connectivity index (χ0n) is 11.3. The quantitative estimate of drug-likeness (QED) is 0.409. The van der Waals surface area contributed by atoms with Crippen molar-refractivity contribution >= 4 is 16.1 Å². The lowest BCUT2D eigenvalue weighted by molar-refractivity contribution is 0.596. The van der Waals surface area contributed by atoms with Crippen LogP contribution in [0.15, 0.2) is 4.99 Å². The monoisotopic (exact) mass is 229 g/mol. The van der Waals surface area contributed by atoms with Crippen LogP contribution in [0.1, 0.15) is 41.5 Å². The summed E-state index contributed by atoms with van der Waals surface area (Å²) < 4.78 is 0. The second-order valence-corrected chi connectivity index (χ2v) is 6.10. The van der Waals surface area contributed by atoms with Crippen LogP contribution in [0, 0.1) is 0 Å². The zero-order valence-corrected chi connectivity index (χ0v) is 13.3. The van der Waals surface area contributed by atoms with Crippen molar-refractivity contribution in [1.29, 1.82) is 0 Å². The van der Waals surface area contributed by atoms with E-state index in [9.17, 15) is 0 Å². The third-order valence-corrected chi connectivity index (χ3v) is 2.71. The summed E-state index contributed by atoms with van der Waals surface area (Å²) in [5.74, 6) is 1.13. The van der Waals surface area contributed by atoms with Gasteiger partial charge in [-0.2, -0.15) is 0 Å². The fourth-order valence-electron chi connectivity index (χ4n) is 1.43. The third-order valence-electron chi connectivity index (χ3n) is 1.83. The van der Waals surface area contributed by atoms with Gasteiger partial charge in [-0.05, 0) is 27.7 Å². The summed E-state index contributed by atoms with van der Waals surface area (Å²) in [5, 5.41) is 6.96. The predicted octanol–water partition coefficient (Wildman–Crippen LogP) is 0.481. The minimum Gasteiger partial charge on any atom is -0.371 e. The Labute approximate surface area is 97.6 Å². The van der Waals surface area contributed by atoms with Gasteiger partial charge < -0.3 is 10.6 Å². The molecule has 0 aliphatic carbocycles. The number of hydrogen-bond donors (Lipinski definition) is 2. The van der Waals surface area contributed by atoms with Gasteiger partial charge in [0.25, 0.3) is 0 Å². The molecular formula is C11H27N3Si. The molecule has 0 saturated carbocycles. The predicted molar refractivity (Wildman–Crippen MR) is 72.8 cm³/mol. The Morgan fingerprint density at radius 1 is 1.00 bits per heavy atom. The molecule has 0 amide bonds. The van der Waals surface area contributed by atoms with E-state index in [0.29, 0.717) is 23.8 Å². The van der Waals surface area contributed by atoms with E-state index < -0.39 is 0 Å². The number of aliphatic imine (C=N–C) groups is 1. The highest BCUT2D eigenvalue weighted by Gasteiger charge is 2.12. The van der Waals surface area contributed by atoms with Gasteiger partial charge in [-0.25, -0.2) is 0 Å². The highest BCUT2D eigenvalue weighted by atomic mass is 28.1. The fourth-order valence-corrected chi connectivity index (χ4v) is 2.41. The highest BCUT2D eigenvalue weighted by Crippen LogP contribution is 1.93. The Kier molecular flexibility index (Phi) is 6.84. The van der Waals surface area contributed by atoms with Crippen molar-refractivity contribution in [2.75, 3.05) is 0 Å². The van der Waals surface area contributed by atoms with Crippen LogP contribution in [0.5, 0.6) is 0 Å². The van der Waals surface area contributed by atoms with Crippen LogP contribution in [0.25, 0.3) is 0 Å². The summed E-state index contributed by atoms with van der Waals surface area (Å²) in [6.45, 7) is 12.9. The van der Waals surface area contributed by atoms with Crippen LogP contribution in [0.4, 0.5) is 0 Å². The van der Waals surface area contributed by atoms with Crippen LogP contribution in [-0.4, -0.2) is 39.9 Å². The molecule has 0 radical (unpaired) electrons. The van der Waals surface area contributed by atoms with Gasteiger partial charge in [0, 0.05) is 34.0 Å². The number of hydrogen-bond acceptors (Lipinski definition) is 2. The first-order chi connectivity index (χ1) is 6.82. The maximum atomic E-state index is 4.65. The van der Waals surface area contributed by atoms with E-state index in [1.807, 2.05) is 0 Å². The minimum atomic E-state index is 0.358. The van der Waals surface area contributed by atoms with Crippen LogP contribution in [-0.2, 0) is 0 Å². The second-order valence-electron chi connectivity index (χ2n) is 4.95. The summed E-state index contributed by atoms with van der Waals surface area (Å²) >= 11 is 0. The number of nitrogens with zero attached hydrogens (tertiary/aromatic N) is 1. The minimum absolute atomic E-state index is 0.358. The van der Waals surface area contributed by atoms with Gasteiger partial charge in [0.05, 0.1) is 0 Å². The summed E-state index contributed by atoms with van der Waals surface area (Å²) in [4.78, 5) is 4.65. The molecular weight excluding hydrogens is 202 g/mol. The van der Waals surface area contributed by atoms with Gasteiger partial charge in [-0.15, -0.1) is 0 Å². The first-order valence-corrected chi connectivity index (χ1v) is 7.08. The standard InChI is InChI=1S/C11H27N3Si/c1-7(2)12-10(13-8(3)4)11(15)14-9(5)6/h7-9,11,14H,1-6,15H3,(H,12,13). The van der Waals surface area contributed by atoms with Gasteiger partial charge in [0.1, 0.15) is 5.84 Å². The molecule has 0 rings (SSSR count). The lowest BCUT2D eigenvalue weighted by atomic mass is 10.3. The Balaban J connectivity index is 4.48. The number of amidine groups is 1. The normalized spacial score (nSPS) is 15.4. The molecule has 1 unspecified atom stereocenters. The Bertz CT molecular complexity index is 200. The van der Waals surface area contributed by atoms with Crippen molar-refractivity contribution in [3.8, 4) is 0 Å². The van der Waals surface area contributed by atoms with E-state index in [1.165, 1.54) is 0 Å². The first-order valence-electron chi connectivity index (χ1n) is 5.93. The average Bonchev–Trinajstić information content (AvgIpc) is 1.99. The van der Waals surface area contributed by atoms with E-state index in [-0.39, 0.29) is 0 Å². The molecule has 15 heavy (non-hydrogen) atoms. The zero-order chi connectivity index (χ0) is 12.0. The van der Waals surface area contributed by atoms with Gasteiger partial charge in [-0.3, -0.25) is 4.99 Å². The lowest BCUT2D eigenvalue weighted by Crippen LogP contribution is -2.49. The van der Waals surface area contributed by atoms with E-state index in [4.69, 9.17) is 0 Å². The van der Waals surface area contributed by atoms with Crippen molar-refractivity contribution in [3.63, 3.8) is 0 Å². The Morgan fingerprint density at radius 3 is 1.87 bits per heavy atom. The molecule has 0 saturated heterocycles. The second kappa shape index (κ2) is 7.01. The molecule has 0 heterocycles. The Morgan fingerprint density at radius 2 is 1.53 bits per heavy atom. The van der Waals surface area contributed by atoms with E-state index >= 15 is 0 Å².